The number of benzene rings is 1. The number of carbonyl (C=O) groups is 2. The molecule has 0 fully saturated rings. The van der Waals surface area contributed by atoms with Crippen molar-refractivity contribution in [2.75, 3.05) is 52.8 Å². The maximum absolute atomic E-state index is 11.6. The number of ether oxygens (including phenoxy) is 5. The monoisotopic (exact) mass is 467 g/mol. The molecule has 1 N–H and O–H groups in total. The van der Waals surface area contributed by atoms with Gasteiger partial charge in [-0.2, -0.15) is 0 Å². The lowest BCUT2D eigenvalue weighted by Gasteiger charge is -2.09. The molecule has 188 valence electrons. The summed E-state index contributed by atoms with van der Waals surface area (Å²) in [6.45, 7) is 5.57. The van der Waals surface area contributed by atoms with Crippen molar-refractivity contribution < 1.29 is 33.3 Å². The van der Waals surface area contributed by atoms with Crippen LogP contribution >= 0.6 is 0 Å². The number of unbranched alkanes of at least 4 members (excludes halogenated alkanes) is 5. The van der Waals surface area contributed by atoms with Crippen LogP contribution in [0.25, 0.3) is 0 Å². The van der Waals surface area contributed by atoms with E-state index in [4.69, 9.17) is 23.7 Å². The Morgan fingerprint density at radius 3 is 2.03 bits per heavy atom. The number of esters is 1. The molecular weight excluding hydrogens is 426 g/mol. The van der Waals surface area contributed by atoms with E-state index in [0.29, 0.717) is 52.6 Å². The van der Waals surface area contributed by atoms with Crippen molar-refractivity contribution in [3.63, 3.8) is 0 Å². The topological polar surface area (TPSA) is 92.3 Å². The van der Waals surface area contributed by atoms with Crippen molar-refractivity contribution in [1.29, 1.82) is 0 Å². The molecule has 0 aromatic heterocycles. The van der Waals surface area contributed by atoms with Gasteiger partial charge in [0.2, 0.25) is 0 Å². The third-order valence-electron chi connectivity index (χ3n) is 4.70. The maximum atomic E-state index is 11.6. The number of alkyl carbamates (subject to hydrolysis) is 1. The van der Waals surface area contributed by atoms with E-state index in [1.165, 1.54) is 25.7 Å². The van der Waals surface area contributed by atoms with Crippen LogP contribution in [0.15, 0.2) is 30.3 Å². The Morgan fingerprint density at radius 1 is 0.727 bits per heavy atom. The van der Waals surface area contributed by atoms with Gasteiger partial charge in [-0.15, -0.1) is 0 Å². The van der Waals surface area contributed by atoms with Crippen molar-refractivity contribution in [2.45, 2.75) is 58.5 Å². The first-order chi connectivity index (χ1) is 16.2. The van der Waals surface area contributed by atoms with Gasteiger partial charge < -0.3 is 29.0 Å². The summed E-state index contributed by atoms with van der Waals surface area (Å²) in [6.07, 6.45) is 6.94. The lowest BCUT2D eigenvalue weighted by Crippen LogP contribution is -2.28. The van der Waals surface area contributed by atoms with E-state index in [9.17, 15) is 9.59 Å². The molecule has 0 aliphatic carbocycles. The first-order valence-corrected chi connectivity index (χ1v) is 12.1. The minimum atomic E-state index is -0.469. The highest BCUT2D eigenvalue weighted by Crippen LogP contribution is 2.07. The molecule has 1 aromatic rings. The molecule has 0 unspecified atom stereocenters. The molecule has 1 rings (SSSR count). The van der Waals surface area contributed by atoms with Gasteiger partial charge in [0.05, 0.1) is 39.6 Å². The van der Waals surface area contributed by atoms with Crippen LogP contribution in [0, 0.1) is 0 Å². The highest BCUT2D eigenvalue weighted by Gasteiger charge is 2.03. The lowest BCUT2D eigenvalue weighted by atomic mass is 10.1. The van der Waals surface area contributed by atoms with Crippen molar-refractivity contribution in [1.82, 2.24) is 5.32 Å². The number of rotatable bonds is 21. The van der Waals surface area contributed by atoms with Gasteiger partial charge in [0.15, 0.2) is 0 Å². The molecule has 8 heteroatoms. The molecule has 0 saturated carbocycles. The number of nitrogens with one attached hydrogen (secondary N) is 1. The van der Waals surface area contributed by atoms with Crippen LogP contribution in [0.1, 0.15) is 57.4 Å². The normalized spacial score (nSPS) is 10.7. The average Bonchev–Trinajstić information content (AvgIpc) is 2.83. The molecule has 0 bridgehead atoms. The third kappa shape index (κ3) is 19.1. The largest absolute Gasteiger partial charge is 0.463 e. The number of hydrogen-bond donors (Lipinski definition) is 1. The summed E-state index contributed by atoms with van der Waals surface area (Å²) in [5.41, 5.74) is 0.939. The molecule has 0 radical (unpaired) electrons. The van der Waals surface area contributed by atoms with Gasteiger partial charge in [-0.3, -0.25) is 4.79 Å². The van der Waals surface area contributed by atoms with Crippen molar-refractivity contribution in [2.24, 2.45) is 0 Å². The van der Waals surface area contributed by atoms with Crippen LogP contribution in [0.3, 0.4) is 0 Å². The standard InChI is InChI=1S/C25H41NO7/c1-2-3-4-5-6-10-13-24(27)32-21-20-31-19-18-30-17-16-29-15-14-26-25(28)33-22-23-11-8-7-9-12-23/h7-9,11-12H,2-6,10,13-22H2,1H3,(H,26,28). The Bertz CT molecular complexity index is 598. The summed E-state index contributed by atoms with van der Waals surface area (Å²) in [6, 6.07) is 9.50. The molecule has 0 aliphatic heterocycles. The Hall–Kier alpha value is -2.16. The third-order valence-corrected chi connectivity index (χ3v) is 4.70. The van der Waals surface area contributed by atoms with Gasteiger partial charge in [-0.05, 0) is 12.0 Å². The molecule has 0 spiro atoms. The van der Waals surface area contributed by atoms with Crippen LogP contribution in [-0.2, 0) is 35.1 Å². The Kier molecular flexibility index (Phi) is 19.0. The van der Waals surface area contributed by atoms with Gasteiger partial charge >= 0.3 is 12.1 Å². The summed E-state index contributed by atoms with van der Waals surface area (Å²) in [5.74, 6) is -0.151. The lowest BCUT2D eigenvalue weighted by molar-refractivity contribution is -0.145. The molecule has 0 aliphatic rings. The van der Waals surface area contributed by atoms with E-state index in [-0.39, 0.29) is 19.2 Å². The zero-order valence-corrected chi connectivity index (χ0v) is 20.1. The molecule has 0 atom stereocenters. The highest BCUT2D eigenvalue weighted by molar-refractivity contribution is 5.69. The molecule has 1 amide bonds. The van der Waals surface area contributed by atoms with Crippen molar-refractivity contribution in [3.8, 4) is 0 Å². The molecule has 8 nitrogen and oxygen atoms in total. The SMILES string of the molecule is CCCCCCCCC(=O)OCCOCCOCCOCCNC(=O)OCc1ccccc1. The fraction of sp³-hybridized carbons (Fsp3) is 0.680. The van der Waals surface area contributed by atoms with Crippen LogP contribution in [0.4, 0.5) is 4.79 Å². The van der Waals surface area contributed by atoms with E-state index in [2.05, 4.69) is 12.2 Å². The van der Waals surface area contributed by atoms with Gasteiger partial charge in [0, 0.05) is 13.0 Å². The second-order valence-electron chi connectivity index (χ2n) is 7.56. The summed E-state index contributed by atoms with van der Waals surface area (Å²) < 4.78 is 26.4. The Labute approximate surface area is 198 Å². The Morgan fingerprint density at radius 2 is 1.33 bits per heavy atom. The molecule has 0 heterocycles. The van der Waals surface area contributed by atoms with Crippen molar-refractivity contribution >= 4 is 12.1 Å². The second-order valence-corrected chi connectivity index (χ2v) is 7.56. The fourth-order valence-corrected chi connectivity index (χ4v) is 2.88. The fourth-order valence-electron chi connectivity index (χ4n) is 2.88. The molecule has 33 heavy (non-hydrogen) atoms. The van der Waals surface area contributed by atoms with E-state index in [1.807, 2.05) is 30.3 Å². The molecule has 1 aromatic carbocycles. The second kappa shape index (κ2) is 21.7. The van der Waals surface area contributed by atoms with Gasteiger partial charge in [0.1, 0.15) is 13.2 Å². The van der Waals surface area contributed by atoms with E-state index in [1.54, 1.807) is 0 Å². The first kappa shape index (κ1) is 28.9. The van der Waals surface area contributed by atoms with Crippen molar-refractivity contribution in [3.05, 3.63) is 35.9 Å². The smallest absolute Gasteiger partial charge is 0.407 e. The van der Waals surface area contributed by atoms with Gasteiger partial charge in [-0.1, -0.05) is 69.4 Å². The van der Waals surface area contributed by atoms with Crippen LogP contribution < -0.4 is 5.32 Å². The summed E-state index contributed by atoms with van der Waals surface area (Å²) in [4.78, 5) is 23.2. The van der Waals surface area contributed by atoms with E-state index in [0.717, 1.165) is 18.4 Å². The highest BCUT2D eigenvalue weighted by atomic mass is 16.6. The predicted octanol–water partition coefficient (Wildman–Crippen LogP) is 4.26. The van der Waals surface area contributed by atoms with Crippen LogP contribution in [0.2, 0.25) is 0 Å². The average molecular weight is 468 g/mol. The number of carbonyl (C=O) groups excluding carboxylic acids is 2. The zero-order valence-electron chi connectivity index (χ0n) is 20.1. The predicted molar refractivity (Wildman–Crippen MR) is 126 cm³/mol. The van der Waals surface area contributed by atoms with Crippen LogP contribution in [-0.4, -0.2) is 64.9 Å². The number of hydrogen-bond acceptors (Lipinski definition) is 7. The summed E-state index contributed by atoms with van der Waals surface area (Å²) in [7, 11) is 0. The summed E-state index contributed by atoms with van der Waals surface area (Å²) in [5, 5.41) is 2.63. The first-order valence-electron chi connectivity index (χ1n) is 12.1. The van der Waals surface area contributed by atoms with Crippen LogP contribution in [0.5, 0.6) is 0 Å². The van der Waals surface area contributed by atoms with E-state index < -0.39 is 6.09 Å². The Balaban J connectivity index is 1.76. The minimum absolute atomic E-state index is 0.151. The van der Waals surface area contributed by atoms with E-state index >= 15 is 0 Å². The van der Waals surface area contributed by atoms with Gasteiger partial charge in [0.25, 0.3) is 0 Å². The maximum Gasteiger partial charge on any atom is 0.407 e. The number of amides is 1. The zero-order chi connectivity index (χ0) is 23.8. The summed E-state index contributed by atoms with van der Waals surface area (Å²) >= 11 is 0. The molecule has 0 saturated heterocycles. The van der Waals surface area contributed by atoms with Gasteiger partial charge in [-0.25, -0.2) is 4.79 Å². The quantitative estimate of drug-likeness (QED) is 0.213. The molecular formula is C25H41NO7. The minimum Gasteiger partial charge on any atom is -0.463 e.